The van der Waals surface area contributed by atoms with Gasteiger partial charge in [0.05, 0.1) is 16.7 Å². The summed E-state index contributed by atoms with van der Waals surface area (Å²) in [7, 11) is 0. The minimum absolute atomic E-state index is 0.0801. The Balaban J connectivity index is 1.72. The minimum atomic E-state index is -4.56. The number of piperidine rings is 1. The van der Waals surface area contributed by atoms with Crippen molar-refractivity contribution in [2.45, 2.75) is 50.7 Å². The predicted octanol–water partition coefficient (Wildman–Crippen LogP) is 5.82. The molecule has 0 radical (unpaired) electrons. The number of rotatable bonds is 4. The predicted molar refractivity (Wildman–Crippen MR) is 100 cm³/mol. The smallest absolute Gasteiger partial charge is 0.417 e. The highest BCUT2D eigenvalue weighted by Crippen LogP contribution is 2.35. The summed E-state index contributed by atoms with van der Waals surface area (Å²) in [6, 6.07) is 6.74. The van der Waals surface area contributed by atoms with Crippen LogP contribution < -0.4 is 9.64 Å². The molecule has 10 heteroatoms. The van der Waals surface area contributed by atoms with E-state index in [-0.39, 0.29) is 23.5 Å². The molecule has 1 saturated heterocycles. The SMILES string of the molecule is CC[C@H]1C[C@@H](Oc2ccc(C(F)(F)F)cc2C#N)CCN1c1ccc(C(F)(F)F)cn1. The molecule has 31 heavy (non-hydrogen) atoms. The number of anilines is 1. The summed E-state index contributed by atoms with van der Waals surface area (Å²) in [6.07, 6.45) is -6.93. The topological polar surface area (TPSA) is 49.1 Å². The molecule has 1 aliphatic heterocycles. The molecule has 0 N–H and O–H groups in total. The Morgan fingerprint density at radius 3 is 2.32 bits per heavy atom. The quantitative estimate of drug-likeness (QED) is 0.559. The van der Waals surface area contributed by atoms with Gasteiger partial charge < -0.3 is 9.64 Å². The highest BCUT2D eigenvalue weighted by molar-refractivity contribution is 5.46. The summed E-state index contributed by atoms with van der Waals surface area (Å²) >= 11 is 0. The average molecular weight is 443 g/mol. The monoisotopic (exact) mass is 443 g/mol. The Kier molecular flexibility index (Phi) is 6.34. The lowest BCUT2D eigenvalue weighted by Crippen LogP contribution is -2.46. The van der Waals surface area contributed by atoms with Gasteiger partial charge in [0.1, 0.15) is 23.7 Å². The molecule has 1 fully saturated rings. The molecule has 0 unspecified atom stereocenters. The summed E-state index contributed by atoms with van der Waals surface area (Å²) < 4.78 is 82.7. The van der Waals surface area contributed by atoms with Crippen LogP contribution in [0.1, 0.15) is 42.9 Å². The fraction of sp³-hybridized carbons (Fsp3) is 0.429. The van der Waals surface area contributed by atoms with E-state index in [1.165, 1.54) is 6.07 Å². The number of ether oxygens (including phenoxy) is 1. The first-order valence-electron chi connectivity index (χ1n) is 9.60. The van der Waals surface area contributed by atoms with Gasteiger partial charge in [0.2, 0.25) is 0 Å². The molecule has 2 heterocycles. The fourth-order valence-corrected chi connectivity index (χ4v) is 3.61. The van der Waals surface area contributed by atoms with Crippen molar-refractivity contribution in [3.8, 4) is 11.8 Å². The van der Waals surface area contributed by atoms with E-state index in [1.54, 1.807) is 6.07 Å². The molecule has 3 rings (SSSR count). The van der Waals surface area contributed by atoms with Crippen molar-refractivity contribution in [3.63, 3.8) is 0 Å². The lowest BCUT2D eigenvalue weighted by Gasteiger charge is -2.40. The Morgan fingerprint density at radius 1 is 1.10 bits per heavy atom. The second kappa shape index (κ2) is 8.65. The number of alkyl halides is 6. The molecule has 166 valence electrons. The largest absolute Gasteiger partial charge is 0.489 e. The lowest BCUT2D eigenvalue weighted by molar-refractivity contribution is -0.138. The first kappa shape index (κ1) is 22.7. The third-order valence-electron chi connectivity index (χ3n) is 5.23. The van der Waals surface area contributed by atoms with E-state index in [2.05, 4.69) is 4.98 Å². The number of benzene rings is 1. The molecule has 1 aromatic heterocycles. The Morgan fingerprint density at radius 2 is 1.77 bits per heavy atom. The zero-order valence-corrected chi connectivity index (χ0v) is 16.5. The molecule has 2 aromatic rings. The van der Waals surface area contributed by atoms with E-state index in [4.69, 9.17) is 4.74 Å². The van der Waals surface area contributed by atoms with Gasteiger partial charge in [-0.2, -0.15) is 31.6 Å². The normalized spacial score (nSPS) is 19.7. The second-order valence-electron chi connectivity index (χ2n) is 7.24. The van der Waals surface area contributed by atoms with Crippen molar-refractivity contribution >= 4 is 5.82 Å². The highest BCUT2D eigenvalue weighted by atomic mass is 19.4. The van der Waals surface area contributed by atoms with Gasteiger partial charge in [0, 0.05) is 31.6 Å². The summed E-state index contributed by atoms with van der Waals surface area (Å²) in [6.45, 7) is 2.37. The van der Waals surface area contributed by atoms with Crippen molar-refractivity contribution < 1.29 is 31.1 Å². The Hall–Kier alpha value is -2.96. The van der Waals surface area contributed by atoms with Crippen molar-refractivity contribution in [1.82, 2.24) is 4.98 Å². The van der Waals surface area contributed by atoms with Crippen molar-refractivity contribution in [1.29, 1.82) is 5.26 Å². The van der Waals surface area contributed by atoms with Crippen molar-refractivity contribution in [3.05, 3.63) is 53.2 Å². The van der Waals surface area contributed by atoms with Crippen LogP contribution in [0.4, 0.5) is 32.2 Å². The number of halogens is 6. The summed E-state index contributed by atoms with van der Waals surface area (Å²) in [5, 5.41) is 9.21. The molecular weight excluding hydrogens is 424 g/mol. The van der Waals surface area contributed by atoms with Crippen LogP contribution >= 0.6 is 0 Å². The molecule has 0 bridgehead atoms. The third-order valence-corrected chi connectivity index (χ3v) is 5.23. The number of nitrogens with zero attached hydrogens (tertiary/aromatic N) is 3. The summed E-state index contributed by atoms with van der Waals surface area (Å²) in [4.78, 5) is 5.85. The number of hydrogen-bond donors (Lipinski definition) is 0. The van der Waals surface area contributed by atoms with E-state index in [9.17, 15) is 31.6 Å². The van der Waals surface area contributed by atoms with Crippen LogP contribution in [0.2, 0.25) is 0 Å². The molecule has 0 saturated carbocycles. The zero-order chi connectivity index (χ0) is 22.8. The first-order chi connectivity index (χ1) is 14.5. The molecule has 0 aliphatic carbocycles. The van der Waals surface area contributed by atoms with Gasteiger partial charge in [-0.3, -0.25) is 0 Å². The van der Waals surface area contributed by atoms with Crippen molar-refractivity contribution in [2.75, 3.05) is 11.4 Å². The van der Waals surface area contributed by atoms with Crippen LogP contribution in [0.25, 0.3) is 0 Å². The van der Waals surface area contributed by atoms with E-state index < -0.39 is 23.5 Å². The number of hydrogen-bond acceptors (Lipinski definition) is 4. The zero-order valence-electron chi connectivity index (χ0n) is 16.5. The molecule has 0 amide bonds. The number of pyridine rings is 1. The van der Waals surface area contributed by atoms with E-state index in [0.717, 1.165) is 30.5 Å². The molecule has 0 spiro atoms. The summed E-state index contributed by atoms with van der Waals surface area (Å²) in [5.41, 5.74) is -1.95. The molecule has 1 aromatic carbocycles. The van der Waals surface area contributed by atoms with Crippen LogP contribution in [0.15, 0.2) is 36.5 Å². The van der Waals surface area contributed by atoms with Crippen molar-refractivity contribution in [2.24, 2.45) is 0 Å². The van der Waals surface area contributed by atoms with E-state index in [1.807, 2.05) is 11.8 Å². The first-order valence-corrected chi connectivity index (χ1v) is 9.60. The van der Waals surface area contributed by atoms with Gasteiger partial charge in [0.15, 0.2) is 0 Å². The van der Waals surface area contributed by atoms with Gasteiger partial charge in [0.25, 0.3) is 0 Å². The lowest BCUT2D eigenvalue weighted by atomic mass is 9.97. The number of nitriles is 1. The van der Waals surface area contributed by atoms with Crippen LogP contribution in [-0.4, -0.2) is 23.7 Å². The van der Waals surface area contributed by atoms with E-state index >= 15 is 0 Å². The number of aromatic nitrogens is 1. The maximum Gasteiger partial charge on any atom is 0.417 e. The standard InChI is InChI=1S/C21H19F6N3O/c1-2-16-10-17(31-18-5-3-14(20(22,23)24)9-13(18)11-28)7-8-30(16)19-6-4-15(12-29-19)21(25,26)27/h3-6,9,12,16-17H,2,7-8,10H2,1H3/t16-,17-/m0/s1. The average Bonchev–Trinajstić information content (AvgIpc) is 2.72. The highest BCUT2D eigenvalue weighted by Gasteiger charge is 2.34. The van der Waals surface area contributed by atoms with Gasteiger partial charge >= 0.3 is 12.4 Å². The maximum atomic E-state index is 12.9. The van der Waals surface area contributed by atoms with Gasteiger partial charge in [-0.05, 0) is 36.8 Å². The molecule has 4 nitrogen and oxygen atoms in total. The van der Waals surface area contributed by atoms with Crippen LogP contribution in [0, 0.1) is 11.3 Å². The van der Waals surface area contributed by atoms with Gasteiger partial charge in [-0.1, -0.05) is 6.92 Å². The molecule has 1 aliphatic rings. The third kappa shape index (κ3) is 5.21. The Bertz CT molecular complexity index is 950. The minimum Gasteiger partial charge on any atom is -0.489 e. The molecular formula is C21H19F6N3O. The van der Waals surface area contributed by atoms with Gasteiger partial charge in [-0.15, -0.1) is 0 Å². The van der Waals surface area contributed by atoms with Gasteiger partial charge in [-0.25, -0.2) is 4.98 Å². The van der Waals surface area contributed by atoms with Crippen LogP contribution in [0.3, 0.4) is 0 Å². The van der Waals surface area contributed by atoms with Crippen LogP contribution in [-0.2, 0) is 12.4 Å². The maximum absolute atomic E-state index is 12.9. The van der Waals surface area contributed by atoms with Crippen LogP contribution in [0.5, 0.6) is 5.75 Å². The van der Waals surface area contributed by atoms with E-state index in [0.29, 0.717) is 31.6 Å². The summed E-state index contributed by atoms with van der Waals surface area (Å²) in [5.74, 6) is 0.502. The Labute approximate surface area is 175 Å². The fourth-order valence-electron chi connectivity index (χ4n) is 3.61. The second-order valence-corrected chi connectivity index (χ2v) is 7.24. The molecule has 2 atom stereocenters.